The van der Waals surface area contributed by atoms with Gasteiger partial charge in [0.15, 0.2) is 0 Å². The van der Waals surface area contributed by atoms with Crippen molar-refractivity contribution >= 4 is 15.9 Å². The van der Waals surface area contributed by atoms with Crippen LogP contribution in [0, 0.1) is 0 Å². The topological polar surface area (TPSA) is 0 Å². The predicted octanol–water partition coefficient (Wildman–Crippen LogP) is 4.97. The molecule has 0 aliphatic heterocycles. The zero-order valence-corrected chi connectivity index (χ0v) is 11.9. The molecule has 0 saturated carbocycles. The lowest BCUT2D eigenvalue weighted by Crippen LogP contribution is -2.20. The molecule has 0 saturated heterocycles. The van der Waals surface area contributed by atoms with Crippen LogP contribution in [0.25, 0.3) is 0 Å². The van der Waals surface area contributed by atoms with Crippen LogP contribution < -0.4 is 0 Å². The van der Waals surface area contributed by atoms with E-state index in [9.17, 15) is 0 Å². The first kappa shape index (κ1) is 12.4. The summed E-state index contributed by atoms with van der Waals surface area (Å²) in [6, 6.07) is 19.3. The molecule has 0 aromatic heterocycles. The van der Waals surface area contributed by atoms with E-state index < -0.39 is 0 Å². The van der Waals surface area contributed by atoms with Gasteiger partial charge in [0.25, 0.3) is 0 Å². The van der Waals surface area contributed by atoms with Crippen LogP contribution >= 0.6 is 15.9 Å². The Balaban J connectivity index is 2.21. The van der Waals surface area contributed by atoms with E-state index in [1.165, 1.54) is 11.1 Å². The summed E-state index contributed by atoms with van der Waals surface area (Å²) in [5.41, 5.74) is 2.94. The van der Waals surface area contributed by atoms with Gasteiger partial charge in [-0.05, 0) is 35.1 Å². The van der Waals surface area contributed by atoms with Crippen LogP contribution in [0.5, 0.6) is 0 Å². The highest BCUT2D eigenvalue weighted by atomic mass is 79.9. The molecule has 2 aromatic rings. The lowest BCUT2D eigenvalue weighted by molar-refractivity contribution is 0.522. The van der Waals surface area contributed by atoms with Crippen molar-refractivity contribution in [3.63, 3.8) is 0 Å². The second-order valence-corrected chi connectivity index (χ2v) is 5.97. The Labute approximate surface area is 112 Å². The van der Waals surface area contributed by atoms with Crippen LogP contribution in [-0.2, 0) is 11.8 Å². The fraction of sp³-hybridized carbons (Fsp3) is 0.250. The summed E-state index contributed by atoms with van der Waals surface area (Å²) in [4.78, 5) is 0. The summed E-state index contributed by atoms with van der Waals surface area (Å²) in [7, 11) is 0. The first-order valence-corrected chi connectivity index (χ1v) is 6.67. The Morgan fingerprint density at radius 2 is 1.47 bits per heavy atom. The maximum Gasteiger partial charge on any atom is 0.0175 e. The molecule has 0 amide bonds. The highest BCUT2D eigenvalue weighted by molar-refractivity contribution is 9.10. The summed E-state index contributed by atoms with van der Waals surface area (Å²) in [6.45, 7) is 4.59. The fourth-order valence-electron chi connectivity index (χ4n) is 2.11. The Hall–Kier alpha value is -1.08. The van der Waals surface area contributed by atoms with Crippen LogP contribution in [0.4, 0.5) is 0 Å². The first-order valence-electron chi connectivity index (χ1n) is 5.88. The zero-order chi connectivity index (χ0) is 12.3. The molecule has 0 atom stereocenters. The number of hydrogen-bond acceptors (Lipinski definition) is 0. The quantitative estimate of drug-likeness (QED) is 0.748. The minimum absolute atomic E-state index is 0.169. The maximum absolute atomic E-state index is 3.48. The molecule has 0 unspecified atom stereocenters. The lowest BCUT2D eigenvalue weighted by atomic mass is 9.79. The Morgan fingerprint density at radius 1 is 0.882 bits per heavy atom. The molecule has 0 heterocycles. The van der Waals surface area contributed by atoms with Crippen molar-refractivity contribution in [1.82, 2.24) is 0 Å². The SMILES string of the molecule is CC(C)(Cc1ccccc1)c1ccc(Br)cc1. The maximum atomic E-state index is 3.48. The van der Waals surface area contributed by atoms with Gasteiger partial charge in [0.1, 0.15) is 0 Å². The molecule has 0 aliphatic carbocycles. The van der Waals surface area contributed by atoms with Gasteiger partial charge in [-0.25, -0.2) is 0 Å². The van der Waals surface area contributed by atoms with E-state index in [0.29, 0.717) is 0 Å². The van der Waals surface area contributed by atoms with Crippen molar-refractivity contribution < 1.29 is 0 Å². The van der Waals surface area contributed by atoms with Gasteiger partial charge >= 0.3 is 0 Å². The standard InChI is InChI=1S/C16H17Br/c1-16(2,12-13-6-4-3-5-7-13)14-8-10-15(17)11-9-14/h3-11H,12H2,1-2H3. The van der Waals surface area contributed by atoms with E-state index in [4.69, 9.17) is 0 Å². The van der Waals surface area contributed by atoms with E-state index in [2.05, 4.69) is 84.4 Å². The van der Waals surface area contributed by atoms with E-state index in [-0.39, 0.29) is 5.41 Å². The van der Waals surface area contributed by atoms with Gasteiger partial charge in [-0.15, -0.1) is 0 Å². The minimum Gasteiger partial charge on any atom is -0.0622 e. The molecule has 88 valence electrons. The molecular weight excluding hydrogens is 272 g/mol. The van der Waals surface area contributed by atoms with E-state index in [1.54, 1.807) is 0 Å². The molecule has 2 rings (SSSR count). The number of halogens is 1. The molecular formula is C16H17Br. The zero-order valence-electron chi connectivity index (χ0n) is 10.3. The Bertz CT molecular complexity index is 469. The summed E-state index contributed by atoms with van der Waals surface area (Å²) in [6.07, 6.45) is 1.06. The summed E-state index contributed by atoms with van der Waals surface area (Å²) < 4.78 is 1.14. The Kier molecular flexibility index (Phi) is 3.68. The van der Waals surface area contributed by atoms with Crippen LogP contribution in [0.3, 0.4) is 0 Å². The average Bonchev–Trinajstić information content (AvgIpc) is 2.30. The highest BCUT2D eigenvalue weighted by Gasteiger charge is 2.20. The second kappa shape index (κ2) is 5.05. The van der Waals surface area contributed by atoms with Gasteiger partial charge in [-0.1, -0.05) is 72.2 Å². The second-order valence-electron chi connectivity index (χ2n) is 5.05. The molecule has 1 heteroatoms. The smallest absolute Gasteiger partial charge is 0.0175 e. The van der Waals surface area contributed by atoms with Crippen molar-refractivity contribution in [2.75, 3.05) is 0 Å². The van der Waals surface area contributed by atoms with E-state index in [0.717, 1.165) is 10.9 Å². The van der Waals surface area contributed by atoms with E-state index >= 15 is 0 Å². The third-order valence-corrected chi connectivity index (χ3v) is 3.64. The molecule has 0 nitrogen and oxygen atoms in total. The van der Waals surface area contributed by atoms with Gasteiger partial charge in [-0.2, -0.15) is 0 Å². The van der Waals surface area contributed by atoms with Gasteiger partial charge in [0.05, 0.1) is 0 Å². The van der Waals surface area contributed by atoms with Crippen LogP contribution in [0.15, 0.2) is 59.1 Å². The van der Waals surface area contributed by atoms with Crippen LogP contribution in [0.1, 0.15) is 25.0 Å². The van der Waals surface area contributed by atoms with Gasteiger partial charge < -0.3 is 0 Å². The molecule has 0 aliphatic rings. The number of hydrogen-bond donors (Lipinski definition) is 0. The average molecular weight is 289 g/mol. The monoisotopic (exact) mass is 288 g/mol. The highest BCUT2D eigenvalue weighted by Crippen LogP contribution is 2.28. The van der Waals surface area contributed by atoms with Crippen molar-refractivity contribution in [2.24, 2.45) is 0 Å². The lowest BCUT2D eigenvalue weighted by Gasteiger charge is -2.25. The largest absolute Gasteiger partial charge is 0.0622 e. The molecule has 0 fully saturated rings. The van der Waals surface area contributed by atoms with Crippen molar-refractivity contribution in [3.05, 3.63) is 70.2 Å². The van der Waals surface area contributed by atoms with Gasteiger partial charge in [0, 0.05) is 4.47 Å². The normalized spacial score (nSPS) is 11.5. The predicted molar refractivity (Wildman–Crippen MR) is 77.3 cm³/mol. The number of benzene rings is 2. The molecule has 0 radical (unpaired) electrons. The van der Waals surface area contributed by atoms with Gasteiger partial charge in [0.2, 0.25) is 0 Å². The minimum atomic E-state index is 0.169. The van der Waals surface area contributed by atoms with E-state index in [1.807, 2.05) is 0 Å². The van der Waals surface area contributed by atoms with Crippen molar-refractivity contribution in [2.45, 2.75) is 25.7 Å². The van der Waals surface area contributed by atoms with Gasteiger partial charge in [-0.3, -0.25) is 0 Å². The van der Waals surface area contributed by atoms with Crippen LogP contribution in [0.2, 0.25) is 0 Å². The molecule has 0 bridgehead atoms. The third-order valence-electron chi connectivity index (χ3n) is 3.11. The molecule has 0 spiro atoms. The van der Waals surface area contributed by atoms with Crippen molar-refractivity contribution in [1.29, 1.82) is 0 Å². The fourth-order valence-corrected chi connectivity index (χ4v) is 2.37. The molecule has 17 heavy (non-hydrogen) atoms. The summed E-state index contributed by atoms with van der Waals surface area (Å²) in [5, 5.41) is 0. The summed E-state index contributed by atoms with van der Waals surface area (Å²) in [5.74, 6) is 0. The number of rotatable bonds is 3. The molecule has 2 aromatic carbocycles. The van der Waals surface area contributed by atoms with Crippen LogP contribution in [-0.4, -0.2) is 0 Å². The third kappa shape index (κ3) is 3.19. The first-order chi connectivity index (χ1) is 8.08. The molecule has 0 N–H and O–H groups in total. The Morgan fingerprint density at radius 3 is 2.06 bits per heavy atom. The van der Waals surface area contributed by atoms with Crippen molar-refractivity contribution in [3.8, 4) is 0 Å². The summed E-state index contributed by atoms with van der Waals surface area (Å²) >= 11 is 3.48.